The van der Waals surface area contributed by atoms with Crippen LogP contribution in [0.4, 0.5) is 8.39 Å². The normalized spacial score (nSPS) is 9.83. The molecular formula is H4F2O2P2. The molecule has 1 unspecified atom stereocenters. The molecule has 0 heterocycles. The van der Waals surface area contributed by atoms with E-state index in [1.165, 1.54) is 0 Å². The van der Waals surface area contributed by atoms with E-state index in [9.17, 15) is 8.39 Å². The van der Waals surface area contributed by atoms with Gasteiger partial charge in [0.25, 0.3) is 0 Å². The van der Waals surface area contributed by atoms with Crippen LogP contribution in [0.3, 0.4) is 0 Å². The van der Waals surface area contributed by atoms with Crippen LogP contribution in [0.15, 0.2) is 0 Å². The largest absolute Gasteiger partial charge is 0.549 e. The first-order valence-corrected chi connectivity index (χ1v) is 2.16. The molecule has 6 heteroatoms. The van der Waals surface area contributed by atoms with E-state index in [0.29, 0.717) is 0 Å². The molecular weight excluding hydrogens is 132 g/mol. The molecule has 2 nitrogen and oxygen atoms in total. The quantitative estimate of drug-likeness (QED) is 0.506. The Bertz CT molecular complexity index is 55.7. The van der Waals surface area contributed by atoms with Crippen LogP contribution in [0.1, 0.15) is 0 Å². The van der Waals surface area contributed by atoms with Crippen molar-refractivity contribution in [2.45, 2.75) is 0 Å². The second-order valence-electron chi connectivity index (χ2n) is 0.435. The Morgan fingerprint density at radius 2 is 1.50 bits per heavy atom. The van der Waals surface area contributed by atoms with Gasteiger partial charge in [-0.1, -0.05) is 0 Å². The van der Waals surface area contributed by atoms with Gasteiger partial charge in [-0.2, -0.15) is 9.90 Å². The Hall–Kier alpha value is 0.480. The highest BCUT2D eigenvalue weighted by Crippen LogP contribution is 2.43. The van der Waals surface area contributed by atoms with Gasteiger partial charge >= 0.3 is 7.99 Å². The molecule has 6 heavy (non-hydrogen) atoms. The summed E-state index contributed by atoms with van der Waals surface area (Å²) in [6, 6.07) is 0. The fourth-order valence-corrected chi connectivity index (χ4v) is 0. The highest BCUT2D eigenvalue weighted by Gasteiger charge is 2.09. The minimum absolute atomic E-state index is 0. The molecule has 0 bridgehead atoms. The summed E-state index contributed by atoms with van der Waals surface area (Å²) in [6.45, 7) is 0. The van der Waals surface area contributed by atoms with E-state index in [4.69, 9.17) is 9.46 Å². The number of hydrogen-bond acceptors (Lipinski definition) is 1. The van der Waals surface area contributed by atoms with Gasteiger partial charge in [-0.3, -0.25) is 4.89 Å². The minimum Gasteiger partial charge on any atom is -0.296 e. The van der Waals surface area contributed by atoms with E-state index >= 15 is 0 Å². The zero-order valence-corrected chi connectivity index (χ0v) is 5.07. The SMILES string of the molecule is O=P(O)(F)F.P. The highest BCUT2D eigenvalue weighted by atomic mass is 31.2. The molecule has 0 amide bonds. The summed E-state index contributed by atoms with van der Waals surface area (Å²) >= 11 is 0. The Balaban J connectivity index is 0. The molecule has 0 aliphatic rings. The Morgan fingerprint density at radius 3 is 1.50 bits per heavy atom. The van der Waals surface area contributed by atoms with E-state index in [-0.39, 0.29) is 9.90 Å². The number of halogens is 2. The first-order valence-electron chi connectivity index (χ1n) is 0.721. The van der Waals surface area contributed by atoms with Gasteiger partial charge in [0, 0.05) is 0 Å². The predicted molar refractivity (Wildman–Crippen MR) is 23.1 cm³/mol. The molecule has 0 aliphatic carbocycles. The van der Waals surface area contributed by atoms with Gasteiger partial charge in [0.2, 0.25) is 0 Å². The van der Waals surface area contributed by atoms with Crippen LogP contribution >= 0.6 is 17.9 Å². The average Bonchev–Trinajstić information content (AvgIpc) is 0.722. The average molecular weight is 136 g/mol. The van der Waals surface area contributed by atoms with Crippen LogP contribution in [0.25, 0.3) is 0 Å². The van der Waals surface area contributed by atoms with E-state index in [1.54, 1.807) is 0 Å². The van der Waals surface area contributed by atoms with Gasteiger partial charge in [0.1, 0.15) is 0 Å². The maximum absolute atomic E-state index is 10.1. The summed E-state index contributed by atoms with van der Waals surface area (Å²) in [5.41, 5.74) is 0. The summed E-state index contributed by atoms with van der Waals surface area (Å²) in [4.78, 5) is 6.74. The summed E-state index contributed by atoms with van der Waals surface area (Å²) in [7, 11) is -5.64. The molecule has 0 aromatic carbocycles. The van der Waals surface area contributed by atoms with Gasteiger partial charge in [-0.05, 0) is 0 Å². The zero-order valence-electron chi connectivity index (χ0n) is 2.77. The Morgan fingerprint density at radius 1 is 1.50 bits per heavy atom. The summed E-state index contributed by atoms with van der Waals surface area (Å²) < 4.78 is 28.7. The predicted octanol–water partition coefficient (Wildman–Crippen LogP) is 1.08. The fraction of sp³-hybridized carbons (Fsp3) is 0. The molecule has 0 aliphatic heterocycles. The Labute approximate surface area is 36.9 Å². The Kier molecular flexibility index (Phi) is 4.23. The van der Waals surface area contributed by atoms with Gasteiger partial charge in [-0.25, -0.2) is 4.57 Å². The second kappa shape index (κ2) is 2.62. The van der Waals surface area contributed by atoms with Crippen LogP contribution in [0, 0.1) is 0 Å². The summed E-state index contributed by atoms with van der Waals surface area (Å²) in [5, 5.41) is 0. The van der Waals surface area contributed by atoms with Crippen molar-refractivity contribution < 1.29 is 17.9 Å². The molecule has 0 aromatic rings. The van der Waals surface area contributed by atoms with E-state index in [0.717, 1.165) is 0 Å². The van der Waals surface area contributed by atoms with Gasteiger partial charge < -0.3 is 0 Å². The summed E-state index contributed by atoms with van der Waals surface area (Å²) in [5.74, 6) is 0. The second-order valence-corrected chi connectivity index (χ2v) is 1.30. The third kappa shape index (κ3) is 235. The smallest absolute Gasteiger partial charge is 0.296 e. The van der Waals surface area contributed by atoms with Gasteiger partial charge in [-0.15, -0.1) is 8.39 Å². The van der Waals surface area contributed by atoms with Crippen LogP contribution in [-0.2, 0) is 4.57 Å². The van der Waals surface area contributed by atoms with E-state index < -0.39 is 7.99 Å². The molecule has 0 saturated heterocycles. The molecule has 0 aromatic heterocycles. The fourth-order valence-electron chi connectivity index (χ4n) is 0. The van der Waals surface area contributed by atoms with Crippen molar-refractivity contribution in [3.05, 3.63) is 0 Å². The molecule has 0 fully saturated rings. The molecule has 1 N–H and O–H groups in total. The molecule has 0 rings (SSSR count). The van der Waals surface area contributed by atoms with Crippen molar-refractivity contribution in [3.8, 4) is 0 Å². The first-order chi connectivity index (χ1) is 2.00. The van der Waals surface area contributed by atoms with Crippen molar-refractivity contribution in [2.24, 2.45) is 0 Å². The van der Waals surface area contributed by atoms with Gasteiger partial charge in [0.05, 0.1) is 0 Å². The van der Waals surface area contributed by atoms with Crippen molar-refractivity contribution in [3.63, 3.8) is 0 Å². The molecule has 40 valence electrons. The number of rotatable bonds is 0. The third-order valence-corrected chi connectivity index (χ3v) is 0. The first kappa shape index (κ1) is 9.70. The maximum Gasteiger partial charge on any atom is 0.549 e. The van der Waals surface area contributed by atoms with Crippen molar-refractivity contribution in [1.82, 2.24) is 0 Å². The lowest BCUT2D eigenvalue weighted by atomic mass is 15.9. The standard InChI is InChI=1S/F2HO2P.H3P/c1-5(2,3)4;/h(H,3,4);1H3. The molecule has 1 atom stereocenters. The van der Waals surface area contributed by atoms with Crippen molar-refractivity contribution in [1.29, 1.82) is 0 Å². The van der Waals surface area contributed by atoms with E-state index in [1.807, 2.05) is 0 Å². The lowest BCUT2D eigenvalue weighted by molar-refractivity contribution is 0.376. The van der Waals surface area contributed by atoms with Gasteiger partial charge in [0.15, 0.2) is 0 Å². The van der Waals surface area contributed by atoms with Crippen LogP contribution in [-0.4, -0.2) is 4.89 Å². The van der Waals surface area contributed by atoms with Crippen LogP contribution in [0.5, 0.6) is 0 Å². The lowest BCUT2D eigenvalue weighted by Gasteiger charge is -1.73. The monoisotopic (exact) mass is 136 g/mol. The third-order valence-electron chi connectivity index (χ3n) is 0. The maximum atomic E-state index is 10.1. The minimum atomic E-state index is -5.64. The molecule has 0 spiro atoms. The molecule has 0 saturated carbocycles. The summed E-state index contributed by atoms with van der Waals surface area (Å²) in [6.07, 6.45) is 0. The zero-order chi connectivity index (χ0) is 4.50. The van der Waals surface area contributed by atoms with Crippen molar-refractivity contribution in [2.75, 3.05) is 0 Å². The van der Waals surface area contributed by atoms with E-state index in [2.05, 4.69) is 0 Å². The van der Waals surface area contributed by atoms with Crippen molar-refractivity contribution >= 4 is 17.9 Å². The topological polar surface area (TPSA) is 37.3 Å². The highest BCUT2D eigenvalue weighted by molar-refractivity contribution is 7.46. The lowest BCUT2D eigenvalue weighted by Crippen LogP contribution is -1.45. The molecule has 0 radical (unpaired) electrons. The van der Waals surface area contributed by atoms with Crippen LogP contribution in [0.2, 0.25) is 0 Å². The van der Waals surface area contributed by atoms with Crippen LogP contribution < -0.4 is 0 Å². The number of hydrogen-bond donors (Lipinski definition) is 1.